The van der Waals surface area contributed by atoms with Crippen molar-refractivity contribution < 1.29 is 58.5 Å². The van der Waals surface area contributed by atoms with Crippen molar-refractivity contribution in [3.8, 4) is 23.0 Å². The molecule has 45 heavy (non-hydrogen) atoms. The summed E-state index contributed by atoms with van der Waals surface area (Å²) in [7, 11) is 0. The highest BCUT2D eigenvalue weighted by atomic mass is 35.5. The fourth-order valence-corrected chi connectivity index (χ4v) is 6.13. The molecule has 3 aromatic carbocycles. The SMILES string of the molecule is CC(=O)N[C@H]1[C@H](Oc2cc3c(cc2Cl)C2(OC(=O)c4ccccc42)c2cc(Cl)c(OCC(=O)O)cc2O3)O[C@H](CO)[C@@H](O)[C@@H]1O. The Balaban J connectivity index is 1.47. The lowest BCUT2D eigenvalue weighted by molar-refractivity contribution is -0.244. The summed E-state index contributed by atoms with van der Waals surface area (Å²) in [5.74, 6) is -2.24. The zero-order valence-electron chi connectivity index (χ0n) is 23.2. The number of hydrogen-bond acceptors (Lipinski definition) is 11. The first-order valence-corrected chi connectivity index (χ1v) is 14.3. The van der Waals surface area contributed by atoms with E-state index in [1.54, 1.807) is 24.3 Å². The lowest BCUT2D eigenvalue weighted by Crippen LogP contribution is -2.65. The minimum Gasteiger partial charge on any atom is -0.480 e. The second-order valence-corrected chi connectivity index (χ2v) is 11.3. The van der Waals surface area contributed by atoms with Crippen molar-refractivity contribution in [2.24, 2.45) is 0 Å². The molecule has 3 aliphatic rings. The molecule has 5 N–H and O–H groups in total. The monoisotopic (exact) mass is 661 g/mol. The second kappa shape index (κ2) is 11.7. The molecule has 1 unspecified atom stereocenters. The molecule has 1 amide bonds. The molecular weight excluding hydrogens is 637 g/mol. The van der Waals surface area contributed by atoms with Gasteiger partial charge in [0.1, 0.15) is 47.4 Å². The van der Waals surface area contributed by atoms with E-state index < -0.39 is 67.3 Å². The number of benzene rings is 3. The van der Waals surface area contributed by atoms with Crippen LogP contribution in [-0.2, 0) is 24.7 Å². The predicted octanol–water partition coefficient (Wildman–Crippen LogP) is 2.35. The highest BCUT2D eigenvalue weighted by molar-refractivity contribution is 6.32. The van der Waals surface area contributed by atoms with Crippen molar-refractivity contribution >= 4 is 41.0 Å². The number of fused-ring (bicyclic) bond motifs is 6. The Kier molecular flexibility index (Phi) is 8.01. The van der Waals surface area contributed by atoms with E-state index in [0.717, 1.165) is 0 Å². The third-order valence-electron chi connectivity index (χ3n) is 7.66. The number of aliphatic hydroxyl groups excluding tert-OH is 3. The summed E-state index contributed by atoms with van der Waals surface area (Å²) < 4.78 is 29.3. The van der Waals surface area contributed by atoms with Gasteiger partial charge in [0.25, 0.3) is 0 Å². The molecule has 0 bridgehead atoms. The van der Waals surface area contributed by atoms with Crippen molar-refractivity contribution in [1.82, 2.24) is 5.32 Å². The molecule has 6 atom stereocenters. The molecule has 3 aromatic rings. The number of ether oxygens (including phenoxy) is 5. The Morgan fingerprint density at radius 3 is 2.27 bits per heavy atom. The summed E-state index contributed by atoms with van der Waals surface area (Å²) in [6.45, 7) is -0.144. The summed E-state index contributed by atoms with van der Waals surface area (Å²) in [6, 6.07) is 11.1. The molecule has 6 rings (SSSR count). The number of carbonyl (C=O) groups is 3. The number of amides is 1. The fourth-order valence-electron chi connectivity index (χ4n) is 5.71. The van der Waals surface area contributed by atoms with Gasteiger partial charge < -0.3 is 49.4 Å². The molecule has 0 saturated carbocycles. The predicted molar refractivity (Wildman–Crippen MR) is 154 cm³/mol. The van der Waals surface area contributed by atoms with Gasteiger partial charge in [-0.05, 0) is 18.2 Å². The second-order valence-electron chi connectivity index (χ2n) is 10.5. The van der Waals surface area contributed by atoms with Crippen molar-refractivity contribution in [1.29, 1.82) is 0 Å². The topological polar surface area (TPSA) is 190 Å². The van der Waals surface area contributed by atoms with E-state index >= 15 is 0 Å². The van der Waals surface area contributed by atoms with Crippen LogP contribution in [-0.4, -0.2) is 82.1 Å². The number of carbonyl (C=O) groups excluding carboxylic acids is 2. The van der Waals surface area contributed by atoms with E-state index in [1.165, 1.54) is 31.2 Å². The van der Waals surface area contributed by atoms with E-state index in [0.29, 0.717) is 16.7 Å². The molecule has 3 heterocycles. The van der Waals surface area contributed by atoms with Crippen LogP contribution in [0.25, 0.3) is 0 Å². The van der Waals surface area contributed by atoms with Gasteiger partial charge in [-0.2, -0.15) is 0 Å². The van der Waals surface area contributed by atoms with Crippen LogP contribution in [0, 0.1) is 0 Å². The molecule has 13 nitrogen and oxygen atoms in total. The summed E-state index contributed by atoms with van der Waals surface area (Å²) in [4.78, 5) is 36.2. The Morgan fingerprint density at radius 1 is 0.978 bits per heavy atom. The van der Waals surface area contributed by atoms with E-state index in [4.69, 9.17) is 52.0 Å². The van der Waals surface area contributed by atoms with Crippen LogP contribution in [0.4, 0.5) is 0 Å². The molecule has 0 radical (unpaired) electrons. The summed E-state index contributed by atoms with van der Waals surface area (Å²) in [6.07, 6.45) is -5.78. The molecular formula is C30H25Cl2NO12. The lowest BCUT2D eigenvalue weighted by atomic mass is 9.77. The molecule has 0 aliphatic carbocycles. The third-order valence-corrected chi connectivity index (χ3v) is 8.25. The van der Waals surface area contributed by atoms with Crippen molar-refractivity contribution in [2.75, 3.05) is 13.2 Å². The summed E-state index contributed by atoms with van der Waals surface area (Å²) in [5.41, 5.74) is -0.241. The third kappa shape index (κ3) is 5.21. The summed E-state index contributed by atoms with van der Waals surface area (Å²) in [5, 5.41) is 42.3. The Bertz CT molecular complexity index is 1720. The van der Waals surface area contributed by atoms with E-state index in [9.17, 15) is 29.7 Å². The lowest BCUT2D eigenvalue weighted by Gasteiger charge is -2.42. The van der Waals surface area contributed by atoms with Gasteiger partial charge in [-0.25, -0.2) is 9.59 Å². The van der Waals surface area contributed by atoms with Gasteiger partial charge in [-0.15, -0.1) is 0 Å². The number of halogens is 2. The first kappa shape index (κ1) is 30.9. The number of carboxylic acids is 1. The zero-order valence-corrected chi connectivity index (χ0v) is 24.7. The van der Waals surface area contributed by atoms with Crippen LogP contribution in [0.5, 0.6) is 23.0 Å². The normalized spacial score (nSPS) is 26.2. The first-order chi connectivity index (χ1) is 21.4. The van der Waals surface area contributed by atoms with Crippen molar-refractivity contribution in [3.63, 3.8) is 0 Å². The molecule has 1 fully saturated rings. The molecule has 1 spiro atoms. The van der Waals surface area contributed by atoms with Crippen LogP contribution in [0.2, 0.25) is 10.0 Å². The Labute approximate surface area is 264 Å². The number of aliphatic carboxylic acids is 1. The van der Waals surface area contributed by atoms with Gasteiger partial charge in [-0.3, -0.25) is 4.79 Å². The van der Waals surface area contributed by atoms with Gasteiger partial charge >= 0.3 is 11.9 Å². The average molecular weight is 662 g/mol. The van der Waals surface area contributed by atoms with Crippen molar-refractivity contribution in [2.45, 2.75) is 43.2 Å². The number of nitrogens with one attached hydrogen (secondary N) is 1. The number of rotatable bonds is 7. The first-order valence-electron chi connectivity index (χ1n) is 13.5. The number of carboxylic acid groups (broad SMARTS) is 1. The standard InChI is InChI=1S/C30H25Cl2NO12/c1-12(35)33-25-27(39)26(38)23(10-34)44-29(25)43-22-9-20-16(7-18(22)32)30(14-5-3-2-4-13(14)28(40)45-30)15-6-17(31)21(8-19(15)42-20)41-11-24(36)37/h2-9,23,25-27,29,34,38-39H,10-11H2,1H3,(H,33,35)(H,36,37)/t23-,25-,26-,27-,29-,30?/m1/s1. The molecule has 1 saturated heterocycles. The minimum absolute atomic E-state index is 0.00388. The van der Waals surface area contributed by atoms with Gasteiger partial charge in [0, 0.05) is 35.7 Å². The average Bonchev–Trinajstić information content (AvgIpc) is 3.29. The molecule has 236 valence electrons. The van der Waals surface area contributed by atoms with Gasteiger partial charge in [0.05, 0.1) is 22.2 Å². The number of hydrogen-bond donors (Lipinski definition) is 5. The highest BCUT2D eigenvalue weighted by Gasteiger charge is 2.54. The molecule has 15 heteroatoms. The highest BCUT2D eigenvalue weighted by Crippen LogP contribution is 2.58. The zero-order chi connectivity index (χ0) is 32.2. The Hall–Kier alpha value is -4.11. The Morgan fingerprint density at radius 2 is 1.62 bits per heavy atom. The maximum Gasteiger partial charge on any atom is 0.341 e. The number of esters is 1. The van der Waals surface area contributed by atoms with Crippen LogP contribution in [0.1, 0.15) is 34.0 Å². The molecule has 0 aromatic heterocycles. The summed E-state index contributed by atoms with van der Waals surface area (Å²) >= 11 is 13.2. The van der Waals surface area contributed by atoms with Crippen LogP contribution >= 0.6 is 23.2 Å². The van der Waals surface area contributed by atoms with Gasteiger partial charge in [-0.1, -0.05) is 41.4 Å². The molecule has 3 aliphatic heterocycles. The van der Waals surface area contributed by atoms with Crippen molar-refractivity contribution in [3.05, 3.63) is 80.8 Å². The quantitative estimate of drug-likeness (QED) is 0.233. The maximum absolute atomic E-state index is 13.2. The largest absolute Gasteiger partial charge is 0.480 e. The van der Waals surface area contributed by atoms with Gasteiger partial charge in [0.15, 0.2) is 12.2 Å². The van der Waals surface area contributed by atoms with Crippen LogP contribution < -0.4 is 19.5 Å². The smallest absolute Gasteiger partial charge is 0.341 e. The van der Waals surface area contributed by atoms with E-state index in [-0.39, 0.29) is 38.6 Å². The fraction of sp³-hybridized carbons (Fsp3) is 0.300. The van der Waals surface area contributed by atoms with Gasteiger partial charge in [0.2, 0.25) is 12.2 Å². The maximum atomic E-state index is 13.2. The number of aliphatic hydroxyl groups is 3. The van der Waals surface area contributed by atoms with E-state index in [1.807, 2.05) is 0 Å². The van der Waals surface area contributed by atoms with E-state index in [2.05, 4.69) is 5.32 Å². The van der Waals surface area contributed by atoms with Crippen LogP contribution in [0.3, 0.4) is 0 Å². The van der Waals surface area contributed by atoms with Crippen LogP contribution in [0.15, 0.2) is 48.5 Å². The minimum atomic E-state index is -1.60.